The van der Waals surface area contributed by atoms with Gasteiger partial charge in [-0.3, -0.25) is 14.4 Å². The Morgan fingerprint density at radius 2 is 1.51 bits per heavy atom. The first-order valence-electron chi connectivity index (χ1n) is 12.4. The lowest BCUT2D eigenvalue weighted by molar-refractivity contribution is -0.136. The monoisotopic (exact) mass is 532 g/mol. The topological polar surface area (TPSA) is 127 Å². The van der Waals surface area contributed by atoms with Gasteiger partial charge in [0.05, 0.1) is 25.1 Å². The average molecular weight is 533 g/mol. The van der Waals surface area contributed by atoms with Crippen molar-refractivity contribution in [2.24, 2.45) is 5.10 Å². The van der Waals surface area contributed by atoms with Crippen LogP contribution in [-0.4, -0.2) is 43.8 Å². The zero-order chi connectivity index (χ0) is 28.2. The molecule has 10 nitrogen and oxygen atoms in total. The maximum atomic E-state index is 12.4. The largest absolute Gasteiger partial charge is 0.492 e. The van der Waals surface area contributed by atoms with Crippen molar-refractivity contribution in [2.45, 2.75) is 27.7 Å². The van der Waals surface area contributed by atoms with E-state index >= 15 is 0 Å². The number of nitrogens with one attached hydrogen (secondary N) is 3. The van der Waals surface area contributed by atoms with Crippen LogP contribution in [0.4, 0.5) is 11.4 Å². The van der Waals surface area contributed by atoms with Crippen LogP contribution >= 0.6 is 0 Å². The van der Waals surface area contributed by atoms with E-state index in [4.69, 9.17) is 14.2 Å². The first-order valence-corrected chi connectivity index (χ1v) is 12.4. The second-order valence-electron chi connectivity index (χ2n) is 8.36. The summed E-state index contributed by atoms with van der Waals surface area (Å²) >= 11 is 0. The first-order chi connectivity index (χ1) is 18.8. The van der Waals surface area contributed by atoms with E-state index in [1.165, 1.54) is 6.21 Å². The molecule has 10 heteroatoms. The molecule has 0 aromatic heterocycles. The molecule has 0 unspecified atom stereocenters. The number of para-hydroxylation sites is 2. The average Bonchev–Trinajstić information content (AvgIpc) is 2.91. The van der Waals surface area contributed by atoms with Crippen molar-refractivity contribution in [3.8, 4) is 17.2 Å². The predicted molar refractivity (Wildman–Crippen MR) is 150 cm³/mol. The van der Waals surface area contributed by atoms with Gasteiger partial charge < -0.3 is 24.8 Å². The Morgan fingerprint density at radius 1 is 0.769 bits per heavy atom. The number of hydrazone groups is 1. The number of carbonyl (C=O) groups is 3. The third-order valence-corrected chi connectivity index (χ3v) is 5.44. The van der Waals surface area contributed by atoms with Gasteiger partial charge >= 0.3 is 11.8 Å². The molecule has 0 aliphatic rings. The van der Waals surface area contributed by atoms with E-state index in [0.29, 0.717) is 47.4 Å². The summed E-state index contributed by atoms with van der Waals surface area (Å²) in [5.74, 6) is -0.915. The van der Waals surface area contributed by atoms with Crippen molar-refractivity contribution < 1.29 is 28.6 Å². The third-order valence-electron chi connectivity index (χ3n) is 5.44. The van der Waals surface area contributed by atoms with Crippen molar-refractivity contribution in [3.05, 3.63) is 77.4 Å². The molecule has 0 atom stereocenters. The Bertz CT molecular complexity index is 1360. The molecule has 0 aliphatic heterocycles. The van der Waals surface area contributed by atoms with Crippen LogP contribution in [0.2, 0.25) is 0 Å². The summed E-state index contributed by atoms with van der Waals surface area (Å²) < 4.78 is 16.8. The number of anilines is 2. The fourth-order valence-electron chi connectivity index (χ4n) is 3.40. The highest BCUT2D eigenvalue weighted by Crippen LogP contribution is 2.28. The lowest BCUT2D eigenvalue weighted by Gasteiger charge is -2.13. The minimum Gasteiger partial charge on any atom is -0.492 e. The van der Waals surface area contributed by atoms with Crippen LogP contribution in [0.15, 0.2) is 65.8 Å². The number of carbonyl (C=O) groups excluding carboxylic acids is 3. The van der Waals surface area contributed by atoms with Crippen LogP contribution < -0.4 is 30.3 Å². The Morgan fingerprint density at radius 3 is 2.26 bits per heavy atom. The molecule has 0 heterocycles. The molecule has 0 fully saturated rings. The van der Waals surface area contributed by atoms with Gasteiger partial charge in [-0.2, -0.15) is 5.10 Å². The van der Waals surface area contributed by atoms with Crippen molar-refractivity contribution in [1.29, 1.82) is 0 Å². The van der Waals surface area contributed by atoms with Gasteiger partial charge in [0.1, 0.15) is 5.75 Å². The molecule has 0 saturated carbocycles. The summed E-state index contributed by atoms with van der Waals surface area (Å²) in [6.45, 7) is 8.19. The fourth-order valence-corrected chi connectivity index (χ4v) is 3.40. The summed E-state index contributed by atoms with van der Waals surface area (Å²) in [6.07, 6.45) is 1.36. The minimum atomic E-state index is -0.947. The van der Waals surface area contributed by atoms with Crippen molar-refractivity contribution in [2.75, 3.05) is 30.5 Å². The zero-order valence-corrected chi connectivity index (χ0v) is 22.4. The van der Waals surface area contributed by atoms with Crippen molar-refractivity contribution >= 4 is 35.3 Å². The fraction of sp³-hybridized carbons (Fsp3) is 0.241. The van der Waals surface area contributed by atoms with E-state index in [1.54, 1.807) is 42.5 Å². The van der Waals surface area contributed by atoms with Gasteiger partial charge in [-0.05, 0) is 86.8 Å². The van der Waals surface area contributed by atoms with Crippen LogP contribution in [0.25, 0.3) is 0 Å². The predicted octanol–water partition coefficient (Wildman–Crippen LogP) is 4.21. The second-order valence-corrected chi connectivity index (χ2v) is 8.36. The third kappa shape index (κ3) is 8.60. The smallest absolute Gasteiger partial charge is 0.329 e. The summed E-state index contributed by atoms with van der Waals surface area (Å²) in [5.41, 5.74) is 6.06. The van der Waals surface area contributed by atoms with E-state index in [0.717, 1.165) is 11.1 Å². The lowest BCUT2D eigenvalue weighted by atomic mass is 10.1. The zero-order valence-electron chi connectivity index (χ0n) is 22.4. The van der Waals surface area contributed by atoms with Crippen molar-refractivity contribution in [3.63, 3.8) is 0 Å². The Hall–Kier alpha value is -4.86. The normalized spacial score (nSPS) is 10.6. The number of benzene rings is 3. The molecule has 3 amide bonds. The Kier molecular flexibility index (Phi) is 10.4. The lowest BCUT2D eigenvalue weighted by Crippen LogP contribution is -2.32. The highest BCUT2D eigenvalue weighted by Gasteiger charge is 2.15. The van der Waals surface area contributed by atoms with E-state index < -0.39 is 11.8 Å². The molecule has 3 aromatic rings. The van der Waals surface area contributed by atoms with Gasteiger partial charge in [0.15, 0.2) is 18.1 Å². The van der Waals surface area contributed by atoms with Crippen LogP contribution in [0.3, 0.4) is 0 Å². The van der Waals surface area contributed by atoms with E-state index in [1.807, 2.05) is 45.9 Å². The minimum absolute atomic E-state index is 0.210. The number of ether oxygens (including phenoxy) is 3. The van der Waals surface area contributed by atoms with Crippen LogP contribution in [0.5, 0.6) is 17.2 Å². The standard InChI is InChI=1S/C29H32N4O6/c1-5-37-24-10-8-7-9-23(24)32-28(35)29(36)33-30-17-21-12-14-25(26(16-21)38-6-2)39-18-27(34)31-22-13-11-19(3)20(4)15-22/h7-17H,5-6,18H2,1-4H3,(H,31,34)(H,32,35)(H,33,36)/b30-17-. The SMILES string of the molecule is CCOc1ccccc1NC(=O)C(=O)N/N=C\c1ccc(OCC(=O)Nc2ccc(C)c(C)c2)c(OCC)c1. The van der Waals surface area contributed by atoms with E-state index in [-0.39, 0.29) is 12.5 Å². The van der Waals surface area contributed by atoms with E-state index in [2.05, 4.69) is 21.2 Å². The van der Waals surface area contributed by atoms with Crippen LogP contribution in [-0.2, 0) is 14.4 Å². The van der Waals surface area contributed by atoms with Crippen LogP contribution in [0, 0.1) is 13.8 Å². The molecule has 204 valence electrons. The van der Waals surface area contributed by atoms with Crippen LogP contribution in [0.1, 0.15) is 30.5 Å². The molecule has 39 heavy (non-hydrogen) atoms. The van der Waals surface area contributed by atoms with Gasteiger partial charge in [0.25, 0.3) is 5.91 Å². The van der Waals surface area contributed by atoms with Gasteiger partial charge in [0, 0.05) is 5.69 Å². The van der Waals surface area contributed by atoms with Crippen molar-refractivity contribution in [1.82, 2.24) is 5.43 Å². The summed E-state index contributed by atoms with van der Waals surface area (Å²) in [7, 11) is 0. The molecule has 3 N–H and O–H groups in total. The highest BCUT2D eigenvalue weighted by molar-refractivity contribution is 6.39. The number of hydrogen-bond donors (Lipinski definition) is 3. The maximum absolute atomic E-state index is 12.4. The molecule has 0 spiro atoms. The summed E-state index contributed by atoms with van der Waals surface area (Å²) in [6, 6.07) is 17.4. The van der Waals surface area contributed by atoms with Gasteiger partial charge in [0.2, 0.25) is 0 Å². The van der Waals surface area contributed by atoms with Gasteiger partial charge in [-0.1, -0.05) is 18.2 Å². The number of hydrogen-bond acceptors (Lipinski definition) is 7. The Labute approximate surface area is 227 Å². The number of amides is 3. The molecular weight excluding hydrogens is 500 g/mol. The molecule has 0 bridgehead atoms. The Balaban J connectivity index is 1.57. The molecule has 3 aromatic carbocycles. The molecular formula is C29H32N4O6. The molecule has 0 radical (unpaired) electrons. The number of rotatable bonds is 11. The van der Waals surface area contributed by atoms with E-state index in [9.17, 15) is 14.4 Å². The molecule has 3 rings (SSSR count). The summed E-state index contributed by atoms with van der Waals surface area (Å²) in [4.78, 5) is 36.8. The molecule has 0 saturated heterocycles. The number of aryl methyl sites for hydroxylation is 2. The highest BCUT2D eigenvalue weighted by atomic mass is 16.5. The van der Waals surface area contributed by atoms with Gasteiger partial charge in [-0.15, -0.1) is 0 Å². The quantitative estimate of drug-likeness (QED) is 0.193. The first kappa shape index (κ1) is 28.7. The number of nitrogens with zero attached hydrogens (tertiary/aromatic N) is 1. The summed E-state index contributed by atoms with van der Waals surface area (Å²) in [5, 5.41) is 9.16. The van der Waals surface area contributed by atoms with Gasteiger partial charge in [-0.25, -0.2) is 5.43 Å². The maximum Gasteiger partial charge on any atom is 0.329 e. The molecule has 0 aliphatic carbocycles. The second kappa shape index (κ2) is 14.2.